The van der Waals surface area contributed by atoms with Gasteiger partial charge in [-0.15, -0.1) is 24.8 Å². The fraction of sp³-hybridized carbons (Fsp3) is 0.900. The van der Waals surface area contributed by atoms with E-state index >= 15 is 0 Å². The second-order valence-corrected chi connectivity index (χ2v) is 3.80. The third-order valence-corrected chi connectivity index (χ3v) is 2.70. The van der Waals surface area contributed by atoms with Crippen molar-refractivity contribution in [2.75, 3.05) is 26.7 Å². The zero-order valence-corrected chi connectivity index (χ0v) is 11.7. The third-order valence-electron chi connectivity index (χ3n) is 2.70. The molecule has 0 spiro atoms. The first-order valence-electron chi connectivity index (χ1n) is 5.24. The van der Waals surface area contributed by atoms with Gasteiger partial charge in [0.25, 0.3) is 0 Å². The van der Waals surface area contributed by atoms with Crippen LogP contribution >= 0.6 is 24.8 Å². The number of piperazine rings is 1. The number of carbonyl (C=O) groups is 1. The van der Waals surface area contributed by atoms with Crippen LogP contribution in [-0.2, 0) is 9.53 Å². The molecule has 6 heteroatoms. The monoisotopic (exact) mass is 272 g/mol. The van der Waals surface area contributed by atoms with Crippen LogP contribution < -0.4 is 5.32 Å². The van der Waals surface area contributed by atoms with E-state index in [0.29, 0.717) is 6.04 Å². The number of esters is 1. The molecule has 1 rings (SSSR count). The number of halogens is 2. The second kappa shape index (κ2) is 9.05. The number of ether oxygens (including phenoxy) is 1. The lowest BCUT2D eigenvalue weighted by Crippen LogP contribution is -2.54. The molecule has 0 aromatic heterocycles. The smallest absolute Gasteiger partial charge is 0.323 e. The topological polar surface area (TPSA) is 41.6 Å². The van der Waals surface area contributed by atoms with Crippen molar-refractivity contribution in [3.8, 4) is 0 Å². The van der Waals surface area contributed by atoms with E-state index in [1.807, 2.05) is 6.92 Å². The van der Waals surface area contributed by atoms with Crippen LogP contribution in [0, 0.1) is 0 Å². The summed E-state index contributed by atoms with van der Waals surface area (Å²) in [6.07, 6.45) is 0.819. The number of rotatable bonds is 3. The summed E-state index contributed by atoms with van der Waals surface area (Å²) < 4.78 is 4.79. The second-order valence-electron chi connectivity index (χ2n) is 3.80. The predicted octanol–water partition coefficient (Wildman–Crippen LogP) is 1.08. The summed E-state index contributed by atoms with van der Waals surface area (Å²) in [6, 6.07) is 0.395. The van der Waals surface area contributed by atoms with Crippen LogP contribution in [-0.4, -0.2) is 49.7 Å². The lowest BCUT2D eigenvalue weighted by molar-refractivity contribution is -0.147. The van der Waals surface area contributed by atoms with Crippen molar-refractivity contribution < 1.29 is 9.53 Å². The minimum atomic E-state index is -0.110. The molecule has 0 bridgehead atoms. The molecule has 1 fully saturated rings. The quantitative estimate of drug-likeness (QED) is 0.781. The molecule has 98 valence electrons. The Morgan fingerprint density at radius 3 is 2.62 bits per heavy atom. The maximum Gasteiger partial charge on any atom is 0.323 e. The van der Waals surface area contributed by atoms with Crippen LogP contribution in [0.4, 0.5) is 0 Å². The van der Waals surface area contributed by atoms with E-state index in [4.69, 9.17) is 4.74 Å². The number of nitrogens with zero attached hydrogens (tertiary/aromatic N) is 1. The maximum absolute atomic E-state index is 11.5. The molecule has 1 aliphatic heterocycles. The Morgan fingerprint density at radius 2 is 2.19 bits per heavy atom. The van der Waals surface area contributed by atoms with Gasteiger partial charge in [-0.1, -0.05) is 6.92 Å². The average Bonchev–Trinajstić information content (AvgIpc) is 2.19. The Balaban J connectivity index is 0. The van der Waals surface area contributed by atoms with Gasteiger partial charge in [0.2, 0.25) is 0 Å². The van der Waals surface area contributed by atoms with Gasteiger partial charge in [-0.2, -0.15) is 0 Å². The molecule has 0 amide bonds. The molecule has 2 atom stereocenters. The van der Waals surface area contributed by atoms with E-state index in [0.717, 1.165) is 26.1 Å². The summed E-state index contributed by atoms with van der Waals surface area (Å²) in [7, 11) is 1.45. The number of hydrogen-bond acceptors (Lipinski definition) is 4. The molecular formula is C10H22Cl2N2O2. The number of nitrogens with one attached hydrogen (secondary N) is 1. The van der Waals surface area contributed by atoms with E-state index in [-0.39, 0.29) is 36.8 Å². The SMILES string of the molecule is CCC(C(=O)OC)N1CCN[C@@H](C)C1.Cl.Cl. The Morgan fingerprint density at radius 1 is 1.56 bits per heavy atom. The summed E-state index contributed by atoms with van der Waals surface area (Å²) in [5, 5.41) is 3.35. The van der Waals surface area contributed by atoms with Crippen molar-refractivity contribution >= 4 is 30.8 Å². The van der Waals surface area contributed by atoms with Crippen LogP contribution in [0.3, 0.4) is 0 Å². The van der Waals surface area contributed by atoms with Gasteiger partial charge in [0.1, 0.15) is 6.04 Å². The van der Waals surface area contributed by atoms with Crippen LogP contribution in [0.2, 0.25) is 0 Å². The molecule has 1 N–H and O–H groups in total. The summed E-state index contributed by atoms with van der Waals surface area (Å²) in [5.74, 6) is -0.110. The van der Waals surface area contributed by atoms with Gasteiger partial charge in [0.05, 0.1) is 7.11 Å². The standard InChI is InChI=1S/C10H20N2O2.2ClH/c1-4-9(10(13)14-3)12-6-5-11-8(2)7-12;;/h8-9,11H,4-7H2,1-3H3;2*1H/t8-,9?;;/m0../s1. The first-order chi connectivity index (χ1) is 6.69. The predicted molar refractivity (Wildman–Crippen MR) is 69.6 cm³/mol. The van der Waals surface area contributed by atoms with Crippen molar-refractivity contribution in [3.05, 3.63) is 0 Å². The zero-order chi connectivity index (χ0) is 10.6. The van der Waals surface area contributed by atoms with E-state index < -0.39 is 0 Å². The first kappa shape index (κ1) is 18.3. The van der Waals surface area contributed by atoms with Gasteiger partial charge < -0.3 is 10.1 Å². The van der Waals surface area contributed by atoms with E-state index in [1.54, 1.807) is 0 Å². The fourth-order valence-electron chi connectivity index (χ4n) is 1.96. The van der Waals surface area contributed by atoms with Crippen LogP contribution in [0.25, 0.3) is 0 Å². The molecule has 0 aliphatic carbocycles. The first-order valence-corrected chi connectivity index (χ1v) is 5.24. The normalized spacial score (nSPS) is 22.6. The van der Waals surface area contributed by atoms with Gasteiger partial charge >= 0.3 is 5.97 Å². The van der Waals surface area contributed by atoms with Crippen LogP contribution in [0.1, 0.15) is 20.3 Å². The van der Waals surface area contributed by atoms with Gasteiger partial charge in [-0.05, 0) is 13.3 Å². The fourth-order valence-corrected chi connectivity index (χ4v) is 1.96. The molecule has 0 aromatic carbocycles. The maximum atomic E-state index is 11.5. The zero-order valence-electron chi connectivity index (χ0n) is 10.1. The molecular weight excluding hydrogens is 251 g/mol. The van der Waals surface area contributed by atoms with Gasteiger partial charge in [-0.25, -0.2) is 0 Å². The Kier molecular flexibility index (Phi) is 10.4. The number of carbonyl (C=O) groups excluding carboxylic acids is 1. The van der Waals surface area contributed by atoms with Gasteiger partial charge in [0.15, 0.2) is 0 Å². The van der Waals surface area contributed by atoms with Gasteiger partial charge in [-0.3, -0.25) is 9.69 Å². The van der Waals surface area contributed by atoms with Crippen molar-refractivity contribution in [1.29, 1.82) is 0 Å². The molecule has 1 heterocycles. The lowest BCUT2D eigenvalue weighted by atomic mass is 10.1. The lowest BCUT2D eigenvalue weighted by Gasteiger charge is -2.35. The van der Waals surface area contributed by atoms with E-state index in [2.05, 4.69) is 17.1 Å². The molecule has 4 nitrogen and oxygen atoms in total. The number of methoxy groups -OCH3 is 1. The average molecular weight is 273 g/mol. The van der Waals surface area contributed by atoms with Crippen molar-refractivity contribution in [1.82, 2.24) is 10.2 Å². The summed E-state index contributed by atoms with van der Waals surface area (Å²) >= 11 is 0. The highest BCUT2D eigenvalue weighted by atomic mass is 35.5. The Hall–Kier alpha value is -0.0300. The minimum Gasteiger partial charge on any atom is -0.468 e. The molecule has 16 heavy (non-hydrogen) atoms. The Labute approximate surface area is 110 Å². The molecule has 1 saturated heterocycles. The highest BCUT2D eigenvalue weighted by Gasteiger charge is 2.27. The van der Waals surface area contributed by atoms with E-state index in [9.17, 15) is 4.79 Å². The summed E-state index contributed by atoms with van der Waals surface area (Å²) in [4.78, 5) is 13.7. The number of hydrogen-bond donors (Lipinski definition) is 1. The van der Waals surface area contributed by atoms with Crippen LogP contribution in [0.15, 0.2) is 0 Å². The van der Waals surface area contributed by atoms with Crippen molar-refractivity contribution in [2.24, 2.45) is 0 Å². The van der Waals surface area contributed by atoms with Gasteiger partial charge in [0, 0.05) is 25.7 Å². The summed E-state index contributed by atoms with van der Waals surface area (Å²) in [5.41, 5.74) is 0. The van der Waals surface area contributed by atoms with E-state index in [1.165, 1.54) is 7.11 Å². The third kappa shape index (κ3) is 4.87. The highest BCUT2D eigenvalue weighted by Crippen LogP contribution is 2.09. The molecule has 1 aliphatic rings. The molecule has 0 saturated carbocycles. The minimum absolute atomic E-state index is 0. The largest absolute Gasteiger partial charge is 0.468 e. The molecule has 1 unspecified atom stereocenters. The molecule has 0 aromatic rings. The van der Waals surface area contributed by atoms with Crippen molar-refractivity contribution in [3.63, 3.8) is 0 Å². The Bertz CT molecular complexity index is 205. The molecule has 0 radical (unpaired) electrons. The van der Waals surface area contributed by atoms with Crippen LogP contribution in [0.5, 0.6) is 0 Å². The summed E-state index contributed by atoms with van der Waals surface area (Å²) in [6.45, 7) is 6.96. The van der Waals surface area contributed by atoms with Crippen molar-refractivity contribution in [2.45, 2.75) is 32.4 Å². The highest BCUT2D eigenvalue weighted by molar-refractivity contribution is 5.85.